The zero-order valence-corrected chi connectivity index (χ0v) is 28.7. The Morgan fingerprint density at radius 3 is 1.86 bits per heavy atom. The minimum atomic E-state index is -0.234. The number of nitrogens with zero attached hydrogens (tertiary/aromatic N) is 4. The molecule has 0 fully saturated rings. The van der Waals surface area contributed by atoms with Crippen LogP contribution in [0.2, 0.25) is 0 Å². The van der Waals surface area contributed by atoms with E-state index in [1.807, 2.05) is 0 Å². The van der Waals surface area contributed by atoms with Gasteiger partial charge in [0.15, 0.2) is 0 Å². The molecule has 0 saturated heterocycles. The lowest BCUT2D eigenvalue weighted by molar-refractivity contribution is 0.667. The number of hydrogen-bond acceptors (Lipinski definition) is 1. The molecule has 0 N–H and O–H groups in total. The van der Waals surface area contributed by atoms with Crippen LogP contribution in [-0.4, -0.2) is 18.7 Å². The minimum Gasteiger partial charge on any atom is -0.327 e. The Kier molecular flexibility index (Phi) is 5.63. The molecule has 51 heavy (non-hydrogen) atoms. The van der Waals surface area contributed by atoms with Crippen molar-refractivity contribution < 1.29 is 0 Å². The molecule has 10 aromatic rings. The van der Waals surface area contributed by atoms with Crippen molar-refractivity contribution >= 4 is 54.6 Å². The smallest absolute Gasteiger partial charge is 0.142 e. The monoisotopic (exact) mass is 654 g/mol. The largest absolute Gasteiger partial charge is 0.327 e. The van der Waals surface area contributed by atoms with Crippen LogP contribution in [0.3, 0.4) is 0 Å². The second kappa shape index (κ2) is 10.1. The SMILES string of the molecule is Cn1c(-c2ccccc2-n2c3ccccc3c3c4c(c5c(c6ccccc6n5-c5ccccc5)c32)-c2ccccc2C4(C)C)nc2ccccc21. The topological polar surface area (TPSA) is 27.7 Å². The number of rotatable bonds is 3. The van der Waals surface area contributed by atoms with Crippen LogP contribution in [-0.2, 0) is 12.5 Å². The Morgan fingerprint density at radius 2 is 1.10 bits per heavy atom. The summed E-state index contributed by atoms with van der Waals surface area (Å²) >= 11 is 0. The Hall–Kier alpha value is -6.39. The third-order valence-corrected chi connectivity index (χ3v) is 11.4. The van der Waals surface area contributed by atoms with Crippen molar-refractivity contribution in [2.75, 3.05) is 0 Å². The number of fused-ring (bicyclic) bond motifs is 13. The molecular weight excluding hydrogens is 621 g/mol. The molecular formula is C47H34N4. The second-order valence-corrected chi connectivity index (χ2v) is 14.4. The number of hydrogen-bond donors (Lipinski definition) is 0. The van der Waals surface area contributed by atoms with E-state index < -0.39 is 0 Å². The summed E-state index contributed by atoms with van der Waals surface area (Å²) in [5.74, 6) is 0.953. The van der Waals surface area contributed by atoms with E-state index in [9.17, 15) is 0 Å². The van der Waals surface area contributed by atoms with E-state index >= 15 is 0 Å². The molecule has 0 spiro atoms. The predicted octanol–water partition coefficient (Wildman–Crippen LogP) is 11.7. The first-order chi connectivity index (χ1) is 25.0. The highest BCUT2D eigenvalue weighted by Gasteiger charge is 2.41. The maximum Gasteiger partial charge on any atom is 0.142 e. The first kappa shape index (κ1) is 28.4. The average Bonchev–Trinajstić information content (AvgIpc) is 3.87. The molecule has 0 unspecified atom stereocenters. The van der Waals surface area contributed by atoms with Gasteiger partial charge in [-0.15, -0.1) is 0 Å². The van der Waals surface area contributed by atoms with E-state index in [4.69, 9.17) is 4.98 Å². The zero-order chi connectivity index (χ0) is 34.0. The van der Waals surface area contributed by atoms with Crippen LogP contribution in [0.5, 0.6) is 0 Å². The van der Waals surface area contributed by atoms with Crippen molar-refractivity contribution in [2.24, 2.45) is 7.05 Å². The molecule has 11 rings (SSSR count). The molecule has 242 valence electrons. The van der Waals surface area contributed by atoms with Gasteiger partial charge in [0, 0.05) is 50.8 Å². The fourth-order valence-electron chi connectivity index (χ4n) is 9.30. The van der Waals surface area contributed by atoms with Crippen LogP contribution in [0.15, 0.2) is 152 Å². The van der Waals surface area contributed by atoms with Crippen LogP contribution in [0, 0.1) is 0 Å². The van der Waals surface area contributed by atoms with Gasteiger partial charge in [-0.1, -0.05) is 117 Å². The van der Waals surface area contributed by atoms with Gasteiger partial charge in [-0.3, -0.25) is 0 Å². The molecule has 0 bridgehead atoms. The molecule has 3 aromatic heterocycles. The van der Waals surface area contributed by atoms with E-state index in [0.717, 1.165) is 33.8 Å². The Morgan fingerprint density at radius 1 is 0.510 bits per heavy atom. The molecule has 3 heterocycles. The molecule has 7 aromatic carbocycles. The third-order valence-electron chi connectivity index (χ3n) is 11.4. The maximum absolute atomic E-state index is 5.22. The predicted molar refractivity (Wildman–Crippen MR) is 212 cm³/mol. The average molecular weight is 655 g/mol. The van der Waals surface area contributed by atoms with Crippen LogP contribution < -0.4 is 0 Å². The first-order valence-corrected chi connectivity index (χ1v) is 17.7. The molecule has 4 nitrogen and oxygen atoms in total. The molecule has 4 heteroatoms. The van der Waals surface area contributed by atoms with Crippen molar-refractivity contribution in [3.8, 4) is 33.9 Å². The van der Waals surface area contributed by atoms with Gasteiger partial charge in [-0.05, 0) is 65.2 Å². The van der Waals surface area contributed by atoms with E-state index in [1.54, 1.807) is 0 Å². The standard InChI is InChI=1S/C47H34N4/c1-47(2)34-23-11-7-19-30(34)40-43(47)41-31-20-8-14-26-37(31)51(38-27-15-10-22-33(38)46-48-35-24-12-16-28-39(35)49(46)3)45(41)42-32-21-9-13-25-36(32)50(44(40)42)29-17-5-4-6-18-29/h4-28H,1-3H3. The Bertz CT molecular complexity index is 3060. The molecule has 0 atom stereocenters. The van der Waals surface area contributed by atoms with Gasteiger partial charge in [0.05, 0.1) is 38.8 Å². The zero-order valence-electron chi connectivity index (χ0n) is 28.7. The lowest BCUT2D eigenvalue weighted by Crippen LogP contribution is -2.15. The van der Waals surface area contributed by atoms with Gasteiger partial charge in [-0.25, -0.2) is 4.98 Å². The number of imidazole rings is 1. The maximum atomic E-state index is 5.22. The first-order valence-electron chi connectivity index (χ1n) is 17.7. The highest BCUT2D eigenvalue weighted by molar-refractivity contribution is 6.31. The lowest BCUT2D eigenvalue weighted by Gasteiger charge is -2.23. The number of para-hydroxylation sites is 6. The Balaban J connectivity index is 1.42. The summed E-state index contributed by atoms with van der Waals surface area (Å²) < 4.78 is 7.29. The van der Waals surface area contributed by atoms with Crippen molar-refractivity contribution in [2.45, 2.75) is 19.3 Å². The minimum absolute atomic E-state index is 0.234. The summed E-state index contributed by atoms with van der Waals surface area (Å²) in [7, 11) is 2.13. The number of benzene rings is 7. The molecule has 0 radical (unpaired) electrons. The summed E-state index contributed by atoms with van der Waals surface area (Å²) in [6.45, 7) is 4.83. The van der Waals surface area contributed by atoms with Crippen LogP contribution in [0.25, 0.3) is 88.5 Å². The van der Waals surface area contributed by atoms with E-state index in [0.29, 0.717) is 0 Å². The lowest BCUT2D eigenvalue weighted by atomic mass is 9.80. The van der Waals surface area contributed by atoms with Crippen molar-refractivity contribution in [1.29, 1.82) is 0 Å². The van der Waals surface area contributed by atoms with Crippen LogP contribution in [0.1, 0.15) is 25.0 Å². The molecule has 1 aliphatic rings. The second-order valence-electron chi connectivity index (χ2n) is 14.4. The van der Waals surface area contributed by atoms with Gasteiger partial charge in [0.25, 0.3) is 0 Å². The number of aromatic nitrogens is 4. The highest BCUT2D eigenvalue weighted by Crippen LogP contribution is 2.58. The van der Waals surface area contributed by atoms with Gasteiger partial charge >= 0.3 is 0 Å². The van der Waals surface area contributed by atoms with Crippen molar-refractivity contribution in [1.82, 2.24) is 18.7 Å². The summed E-state index contributed by atoms with van der Waals surface area (Å²) in [6.07, 6.45) is 0. The third kappa shape index (κ3) is 3.61. The van der Waals surface area contributed by atoms with Crippen molar-refractivity contribution in [3.05, 3.63) is 163 Å². The van der Waals surface area contributed by atoms with Crippen LogP contribution in [0.4, 0.5) is 0 Å². The highest BCUT2D eigenvalue weighted by atomic mass is 15.1. The molecule has 0 saturated carbocycles. The van der Waals surface area contributed by atoms with E-state index in [-0.39, 0.29) is 5.41 Å². The normalized spacial score (nSPS) is 13.5. The van der Waals surface area contributed by atoms with Gasteiger partial charge in [0.1, 0.15) is 5.82 Å². The van der Waals surface area contributed by atoms with Crippen LogP contribution >= 0.6 is 0 Å². The van der Waals surface area contributed by atoms with E-state index in [2.05, 4.69) is 186 Å². The fourth-order valence-corrected chi connectivity index (χ4v) is 9.30. The quantitative estimate of drug-likeness (QED) is 0.186. The van der Waals surface area contributed by atoms with Gasteiger partial charge in [0.2, 0.25) is 0 Å². The Labute approximate surface area is 295 Å². The molecule has 1 aliphatic carbocycles. The summed E-state index contributed by atoms with van der Waals surface area (Å²) in [5, 5.41) is 5.11. The fraction of sp³-hybridized carbons (Fsp3) is 0.0851. The molecule has 0 aliphatic heterocycles. The van der Waals surface area contributed by atoms with Crippen molar-refractivity contribution in [3.63, 3.8) is 0 Å². The number of aryl methyl sites for hydroxylation is 1. The summed E-state index contributed by atoms with van der Waals surface area (Å²) in [4.78, 5) is 5.22. The summed E-state index contributed by atoms with van der Waals surface area (Å²) in [5.41, 5.74) is 15.6. The molecule has 0 amide bonds. The van der Waals surface area contributed by atoms with Gasteiger partial charge < -0.3 is 13.7 Å². The van der Waals surface area contributed by atoms with E-state index in [1.165, 1.54) is 65.9 Å². The van der Waals surface area contributed by atoms with Gasteiger partial charge in [-0.2, -0.15) is 0 Å². The summed E-state index contributed by atoms with van der Waals surface area (Å²) in [6, 6.07) is 55.1.